The van der Waals surface area contributed by atoms with Gasteiger partial charge >= 0.3 is 5.97 Å². The van der Waals surface area contributed by atoms with E-state index >= 15 is 0 Å². The van der Waals surface area contributed by atoms with E-state index < -0.39 is 18.1 Å². The van der Waals surface area contributed by atoms with E-state index in [2.05, 4.69) is 40.4 Å². The minimum absolute atomic E-state index is 0.339. The van der Waals surface area contributed by atoms with Gasteiger partial charge in [0, 0.05) is 24.5 Å². The zero-order valence-corrected chi connectivity index (χ0v) is 18.0. The molecule has 3 rings (SSSR count). The Hall–Kier alpha value is -3.35. The summed E-state index contributed by atoms with van der Waals surface area (Å²) in [5.74, 6) is -1.08. The van der Waals surface area contributed by atoms with Crippen molar-refractivity contribution in [2.75, 3.05) is 6.61 Å². The zero-order chi connectivity index (χ0) is 22.4. The first-order valence-corrected chi connectivity index (χ1v) is 10.1. The van der Waals surface area contributed by atoms with Crippen molar-refractivity contribution in [1.29, 1.82) is 0 Å². The van der Waals surface area contributed by atoms with Gasteiger partial charge in [0.1, 0.15) is 5.54 Å². The number of carboxylic acids is 1. The van der Waals surface area contributed by atoms with Gasteiger partial charge in [-0.15, -0.1) is 0 Å². The molecule has 0 saturated carbocycles. The molecule has 0 fully saturated rings. The van der Waals surface area contributed by atoms with Gasteiger partial charge in [0.15, 0.2) is 0 Å². The van der Waals surface area contributed by atoms with E-state index in [0.29, 0.717) is 6.54 Å². The quantitative estimate of drug-likeness (QED) is 0.482. The van der Waals surface area contributed by atoms with Crippen molar-refractivity contribution in [1.82, 2.24) is 15.3 Å². The number of nitrogens with zero attached hydrogens (tertiary/aromatic N) is 2. The van der Waals surface area contributed by atoms with Gasteiger partial charge in [-0.05, 0) is 48.6 Å². The second-order valence-corrected chi connectivity index (χ2v) is 7.78. The van der Waals surface area contributed by atoms with Crippen LogP contribution in [0.4, 0.5) is 0 Å². The molecular formula is C25H27N3O3. The van der Waals surface area contributed by atoms with Gasteiger partial charge in [-0.2, -0.15) is 0 Å². The first-order valence-electron chi connectivity index (χ1n) is 10.1. The molecule has 2 aromatic carbocycles. The average molecular weight is 418 g/mol. The summed E-state index contributed by atoms with van der Waals surface area (Å²) in [4.78, 5) is 19.9. The lowest BCUT2D eigenvalue weighted by molar-refractivity contribution is -0.145. The van der Waals surface area contributed by atoms with E-state index in [1.165, 1.54) is 6.92 Å². The van der Waals surface area contributed by atoms with Crippen molar-refractivity contribution in [3.05, 3.63) is 82.8 Å². The third-order valence-electron chi connectivity index (χ3n) is 5.47. The number of rotatable bonds is 8. The topological polar surface area (TPSA) is 95.3 Å². The van der Waals surface area contributed by atoms with Crippen molar-refractivity contribution in [2.45, 2.75) is 32.9 Å². The Morgan fingerprint density at radius 3 is 2.58 bits per heavy atom. The number of hydrogen-bond acceptors (Lipinski definition) is 5. The molecule has 1 atom stereocenters. The number of aliphatic carboxylic acids is 1. The van der Waals surface area contributed by atoms with Crippen LogP contribution >= 0.6 is 0 Å². The predicted molar refractivity (Wildman–Crippen MR) is 122 cm³/mol. The molecule has 0 aliphatic carbocycles. The first kappa shape index (κ1) is 22.3. The lowest BCUT2D eigenvalue weighted by Crippen LogP contribution is -2.52. The maximum atomic E-state index is 11.4. The van der Waals surface area contributed by atoms with E-state index in [4.69, 9.17) is 0 Å². The largest absolute Gasteiger partial charge is 0.480 e. The Balaban J connectivity index is 1.83. The molecule has 1 aromatic heterocycles. The molecule has 160 valence electrons. The van der Waals surface area contributed by atoms with Gasteiger partial charge in [-0.1, -0.05) is 48.6 Å². The van der Waals surface area contributed by atoms with E-state index in [1.54, 1.807) is 18.6 Å². The predicted octanol–water partition coefficient (Wildman–Crippen LogP) is 3.86. The number of aliphatic hydroxyl groups excluding tert-OH is 1. The number of carbonyl (C=O) groups is 1. The highest BCUT2D eigenvalue weighted by atomic mass is 16.4. The zero-order valence-electron chi connectivity index (χ0n) is 18.0. The van der Waals surface area contributed by atoms with Gasteiger partial charge in [0.05, 0.1) is 18.5 Å². The molecule has 0 saturated heterocycles. The van der Waals surface area contributed by atoms with Crippen LogP contribution in [-0.4, -0.2) is 38.3 Å². The fourth-order valence-corrected chi connectivity index (χ4v) is 3.21. The smallest absolute Gasteiger partial charge is 0.326 e. The van der Waals surface area contributed by atoms with Crippen LogP contribution in [0.5, 0.6) is 0 Å². The molecule has 1 heterocycles. The van der Waals surface area contributed by atoms with E-state index in [0.717, 1.165) is 39.1 Å². The van der Waals surface area contributed by atoms with Crippen molar-refractivity contribution >= 4 is 18.1 Å². The third kappa shape index (κ3) is 5.23. The molecule has 6 heteroatoms. The maximum Gasteiger partial charge on any atom is 0.326 e. The summed E-state index contributed by atoms with van der Waals surface area (Å²) in [6.07, 6.45) is 9.24. The van der Waals surface area contributed by atoms with Crippen LogP contribution in [0.1, 0.15) is 34.7 Å². The summed E-state index contributed by atoms with van der Waals surface area (Å²) < 4.78 is 0. The number of benzene rings is 2. The second kappa shape index (κ2) is 9.64. The summed E-state index contributed by atoms with van der Waals surface area (Å²) in [5.41, 5.74) is 5.82. The Labute approximate surface area is 182 Å². The Kier molecular flexibility index (Phi) is 6.95. The highest BCUT2D eigenvalue weighted by molar-refractivity contribution is 5.78. The molecule has 0 aliphatic heterocycles. The van der Waals surface area contributed by atoms with Crippen LogP contribution in [0.3, 0.4) is 0 Å². The number of hydrogen-bond donors (Lipinski definition) is 3. The summed E-state index contributed by atoms with van der Waals surface area (Å²) in [5, 5.41) is 21.6. The van der Waals surface area contributed by atoms with Gasteiger partial charge in [-0.3, -0.25) is 20.1 Å². The van der Waals surface area contributed by atoms with Crippen molar-refractivity contribution in [3.8, 4) is 11.3 Å². The number of aryl methyl sites for hydroxylation is 1. The monoisotopic (exact) mass is 417 g/mol. The molecule has 3 N–H and O–H groups in total. The van der Waals surface area contributed by atoms with Crippen LogP contribution in [0.2, 0.25) is 0 Å². The summed E-state index contributed by atoms with van der Waals surface area (Å²) in [6.45, 7) is 5.43. The van der Waals surface area contributed by atoms with Crippen molar-refractivity contribution < 1.29 is 15.0 Å². The molecule has 0 radical (unpaired) electrons. The van der Waals surface area contributed by atoms with E-state index in [-0.39, 0.29) is 0 Å². The van der Waals surface area contributed by atoms with Crippen LogP contribution < -0.4 is 5.32 Å². The molecule has 0 spiro atoms. The number of carboxylic acid groups (broad SMARTS) is 1. The molecule has 0 unspecified atom stereocenters. The SMILES string of the molecule is Cc1ccc(CN[C@@](C)(CO)C(=O)O)cc1/C=C/c1cccc(-c2cnccn2)c1C. The van der Waals surface area contributed by atoms with Gasteiger partial charge in [0.25, 0.3) is 0 Å². The normalized spacial score (nSPS) is 13.3. The second-order valence-electron chi connectivity index (χ2n) is 7.78. The third-order valence-corrected chi connectivity index (χ3v) is 5.47. The highest BCUT2D eigenvalue weighted by Crippen LogP contribution is 2.25. The number of nitrogens with one attached hydrogen (secondary N) is 1. The first-order chi connectivity index (χ1) is 14.8. The van der Waals surface area contributed by atoms with Crippen molar-refractivity contribution in [2.24, 2.45) is 0 Å². The Morgan fingerprint density at radius 2 is 1.90 bits per heavy atom. The van der Waals surface area contributed by atoms with Crippen LogP contribution in [0, 0.1) is 13.8 Å². The van der Waals surface area contributed by atoms with Crippen LogP contribution in [0.15, 0.2) is 55.0 Å². The average Bonchev–Trinajstić information content (AvgIpc) is 2.78. The maximum absolute atomic E-state index is 11.4. The standard InChI is InChI=1S/C25H27N3O3/c1-17-7-8-19(14-28-25(3,16-29)24(30)31)13-21(17)10-9-20-5-4-6-22(18(20)2)23-15-26-11-12-27-23/h4-13,15,28-29H,14,16H2,1-3H3,(H,30,31)/b10-9+/t25-/m0/s1. The Bertz CT molecular complexity index is 1100. The summed E-state index contributed by atoms with van der Waals surface area (Å²) >= 11 is 0. The van der Waals surface area contributed by atoms with E-state index in [9.17, 15) is 15.0 Å². The fourth-order valence-electron chi connectivity index (χ4n) is 3.21. The van der Waals surface area contributed by atoms with E-state index in [1.807, 2.05) is 37.3 Å². The number of aliphatic hydroxyl groups is 1. The van der Waals surface area contributed by atoms with Gasteiger partial charge in [0.2, 0.25) is 0 Å². The Morgan fingerprint density at radius 1 is 1.13 bits per heavy atom. The highest BCUT2D eigenvalue weighted by Gasteiger charge is 2.31. The molecular weight excluding hydrogens is 390 g/mol. The molecule has 3 aromatic rings. The summed E-state index contributed by atoms with van der Waals surface area (Å²) in [7, 11) is 0. The number of aromatic nitrogens is 2. The van der Waals surface area contributed by atoms with Crippen molar-refractivity contribution in [3.63, 3.8) is 0 Å². The molecule has 31 heavy (non-hydrogen) atoms. The van der Waals surface area contributed by atoms with Gasteiger partial charge < -0.3 is 10.2 Å². The van der Waals surface area contributed by atoms with Crippen LogP contribution in [-0.2, 0) is 11.3 Å². The molecule has 0 aliphatic rings. The summed E-state index contributed by atoms with van der Waals surface area (Å²) in [6, 6.07) is 12.1. The van der Waals surface area contributed by atoms with Crippen LogP contribution in [0.25, 0.3) is 23.4 Å². The lowest BCUT2D eigenvalue weighted by atomic mass is 9.98. The lowest BCUT2D eigenvalue weighted by Gasteiger charge is -2.24. The minimum Gasteiger partial charge on any atom is -0.480 e. The fraction of sp³-hybridized carbons (Fsp3) is 0.240. The molecule has 6 nitrogen and oxygen atoms in total. The molecule has 0 bridgehead atoms. The minimum atomic E-state index is -1.38. The molecule has 0 amide bonds. The van der Waals surface area contributed by atoms with Gasteiger partial charge in [-0.25, -0.2) is 0 Å².